The third-order valence-electron chi connectivity index (χ3n) is 5.81. The molecule has 0 bridgehead atoms. The van der Waals surface area contributed by atoms with Crippen LogP contribution in [0.3, 0.4) is 0 Å². The van der Waals surface area contributed by atoms with E-state index in [4.69, 9.17) is 6.11 Å². The molecule has 0 spiro atoms. The van der Waals surface area contributed by atoms with E-state index < -0.39 is 7.14 Å². The maximum absolute atomic E-state index is 14.7. The molecule has 6 rings (SSSR count). The maximum Gasteiger partial charge on any atom is 0.219 e. The van der Waals surface area contributed by atoms with Crippen LogP contribution in [-0.2, 0) is 4.57 Å². The average Bonchev–Trinajstić information content (AvgIpc) is 3.14. The lowest BCUT2D eigenvalue weighted by molar-refractivity contribution is 0.463. The van der Waals surface area contributed by atoms with Crippen LogP contribution >= 0.6 is 7.14 Å². The standard InChI is InChI=1S/C28H19N2O2P/c31-33(28-13-4-6-17-30-28)25-11-2-1-10-23(25)24-15-14-21(19-26(24)33)20-8-7-9-22(18-20)32-27-12-3-5-16-29-27/h1-19H/i3D. The Balaban J connectivity index is 1.46. The molecule has 158 valence electrons. The Morgan fingerprint density at radius 2 is 1.52 bits per heavy atom. The number of pyridine rings is 2. The summed E-state index contributed by atoms with van der Waals surface area (Å²) in [7, 11) is -3.10. The third-order valence-corrected chi connectivity index (χ3v) is 8.84. The number of ether oxygens (including phenoxy) is 1. The summed E-state index contributed by atoms with van der Waals surface area (Å²) in [5.41, 5.74) is 4.45. The van der Waals surface area contributed by atoms with Gasteiger partial charge in [0, 0.05) is 29.1 Å². The van der Waals surface area contributed by atoms with Crippen molar-refractivity contribution < 1.29 is 10.7 Å². The number of rotatable bonds is 4. The summed E-state index contributed by atoms with van der Waals surface area (Å²) in [6.07, 6.45) is 3.25. The highest BCUT2D eigenvalue weighted by Gasteiger charge is 2.41. The summed E-state index contributed by atoms with van der Waals surface area (Å²) < 4.78 is 28.3. The number of nitrogens with zero attached hydrogens (tertiary/aromatic N) is 2. The number of hydrogen-bond acceptors (Lipinski definition) is 4. The van der Waals surface area contributed by atoms with E-state index in [9.17, 15) is 4.57 Å². The van der Waals surface area contributed by atoms with Crippen molar-refractivity contribution in [3.05, 3.63) is 115 Å². The van der Waals surface area contributed by atoms with Gasteiger partial charge in [-0.2, -0.15) is 0 Å². The van der Waals surface area contributed by atoms with Crippen molar-refractivity contribution in [3.8, 4) is 33.9 Å². The van der Waals surface area contributed by atoms with E-state index in [1.807, 2.05) is 84.9 Å². The van der Waals surface area contributed by atoms with Crippen LogP contribution in [-0.4, -0.2) is 9.97 Å². The lowest BCUT2D eigenvalue weighted by Crippen LogP contribution is -2.23. The molecule has 5 aromatic rings. The summed E-state index contributed by atoms with van der Waals surface area (Å²) in [6.45, 7) is 0. The van der Waals surface area contributed by atoms with Gasteiger partial charge < -0.3 is 9.30 Å². The normalized spacial score (nSPS) is 16.5. The first-order chi connectivity index (χ1) is 16.6. The van der Waals surface area contributed by atoms with Crippen molar-refractivity contribution in [2.75, 3.05) is 0 Å². The molecule has 0 N–H and O–H groups in total. The molecule has 1 unspecified atom stereocenters. The number of hydrogen-bond donors (Lipinski definition) is 0. The van der Waals surface area contributed by atoms with Crippen LogP contribution in [0.4, 0.5) is 0 Å². The highest BCUT2D eigenvalue weighted by molar-refractivity contribution is 7.86. The van der Waals surface area contributed by atoms with Crippen molar-refractivity contribution >= 4 is 23.2 Å². The van der Waals surface area contributed by atoms with Crippen LogP contribution in [0.2, 0.25) is 0 Å². The third kappa shape index (κ3) is 3.27. The zero-order valence-corrected chi connectivity index (χ0v) is 18.4. The molecule has 0 fully saturated rings. The van der Waals surface area contributed by atoms with Gasteiger partial charge in [-0.05, 0) is 58.7 Å². The Hall–Kier alpha value is -4.01. The van der Waals surface area contributed by atoms with Gasteiger partial charge in [-0.25, -0.2) is 4.98 Å². The largest absolute Gasteiger partial charge is 0.439 e. The molecule has 4 nitrogen and oxygen atoms in total. The molecule has 33 heavy (non-hydrogen) atoms. The zero-order valence-electron chi connectivity index (χ0n) is 18.6. The van der Waals surface area contributed by atoms with Crippen LogP contribution in [0.5, 0.6) is 11.6 Å². The first-order valence-corrected chi connectivity index (χ1v) is 12.3. The van der Waals surface area contributed by atoms with Gasteiger partial charge in [-0.1, -0.05) is 60.6 Å². The van der Waals surface area contributed by atoms with Gasteiger partial charge in [-0.3, -0.25) is 4.98 Å². The van der Waals surface area contributed by atoms with E-state index >= 15 is 0 Å². The van der Waals surface area contributed by atoms with Crippen LogP contribution in [0.1, 0.15) is 1.37 Å². The van der Waals surface area contributed by atoms with Crippen LogP contribution < -0.4 is 20.8 Å². The highest BCUT2D eigenvalue weighted by atomic mass is 31.2. The molecule has 1 aliphatic heterocycles. The van der Waals surface area contributed by atoms with E-state index in [-0.39, 0.29) is 0 Å². The second-order valence-electron chi connectivity index (χ2n) is 7.77. The Morgan fingerprint density at radius 3 is 2.39 bits per heavy atom. The fourth-order valence-electron chi connectivity index (χ4n) is 4.32. The first kappa shape index (κ1) is 18.6. The molecule has 5 heteroatoms. The number of benzene rings is 3. The van der Waals surface area contributed by atoms with Crippen molar-refractivity contribution in [1.82, 2.24) is 9.97 Å². The van der Waals surface area contributed by atoms with Gasteiger partial charge in [-0.15, -0.1) is 0 Å². The first-order valence-electron chi connectivity index (χ1n) is 11.1. The quantitative estimate of drug-likeness (QED) is 0.332. The minimum Gasteiger partial charge on any atom is -0.439 e. The lowest BCUT2D eigenvalue weighted by atomic mass is 10.0. The van der Waals surface area contributed by atoms with Gasteiger partial charge in [0.15, 0.2) is 7.14 Å². The maximum atomic E-state index is 14.7. The Morgan fingerprint density at radius 1 is 0.697 bits per heavy atom. The molecule has 3 heterocycles. The van der Waals surface area contributed by atoms with E-state index in [1.54, 1.807) is 24.5 Å². The zero-order chi connectivity index (χ0) is 23.1. The molecular weight excluding hydrogens is 427 g/mol. The Labute approximate surface area is 193 Å². The van der Waals surface area contributed by atoms with E-state index in [1.165, 1.54) is 0 Å². The summed E-state index contributed by atoms with van der Waals surface area (Å²) >= 11 is 0. The Bertz CT molecular complexity index is 1590. The van der Waals surface area contributed by atoms with Crippen LogP contribution in [0.25, 0.3) is 22.3 Å². The fourth-order valence-corrected chi connectivity index (χ4v) is 7.28. The Kier molecular flexibility index (Phi) is 4.41. The SMILES string of the molecule is [2H]c1ccnc(Oc2cccc(-c3ccc4c(c3)P(=O)(c3ccccn3)c3ccccc3-4)c2)c1. The minimum atomic E-state index is -3.10. The number of fused-ring (bicyclic) bond motifs is 3. The molecular formula is C28H19N2O2P. The van der Waals surface area contributed by atoms with Gasteiger partial charge in [0.2, 0.25) is 5.88 Å². The molecule has 2 aromatic heterocycles. The van der Waals surface area contributed by atoms with Crippen molar-refractivity contribution in [2.24, 2.45) is 0 Å². The van der Waals surface area contributed by atoms with E-state index in [0.717, 1.165) is 32.9 Å². The summed E-state index contributed by atoms with van der Waals surface area (Å²) in [6, 6.07) is 30.8. The predicted molar refractivity (Wildman–Crippen MR) is 132 cm³/mol. The van der Waals surface area contributed by atoms with Gasteiger partial charge >= 0.3 is 0 Å². The molecule has 0 saturated carbocycles. The monoisotopic (exact) mass is 447 g/mol. The van der Waals surface area contributed by atoms with E-state index in [2.05, 4.69) is 9.97 Å². The fraction of sp³-hybridized carbons (Fsp3) is 0. The number of aromatic nitrogens is 2. The molecule has 1 aliphatic rings. The summed E-state index contributed by atoms with van der Waals surface area (Å²) in [5.74, 6) is 0.987. The lowest BCUT2D eigenvalue weighted by Gasteiger charge is -2.15. The van der Waals surface area contributed by atoms with Gasteiger partial charge in [0.05, 0.1) is 1.37 Å². The average molecular weight is 447 g/mol. The molecule has 1 atom stereocenters. The van der Waals surface area contributed by atoms with E-state index in [0.29, 0.717) is 23.1 Å². The molecule has 0 amide bonds. The molecule has 0 radical (unpaired) electrons. The highest BCUT2D eigenvalue weighted by Crippen LogP contribution is 2.52. The topological polar surface area (TPSA) is 52.1 Å². The van der Waals surface area contributed by atoms with Gasteiger partial charge in [0.25, 0.3) is 0 Å². The molecule has 0 aliphatic carbocycles. The van der Waals surface area contributed by atoms with Gasteiger partial charge in [0.1, 0.15) is 11.2 Å². The van der Waals surface area contributed by atoms with Crippen molar-refractivity contribution in [1.29, 1.82) is 0 Å². The minimum absolute atomic E-state index is 0.338. The second-order valence-corrected chi connectivity index (χ2v) is 10.4. The van der Waals surface area contributed by atoms with Crippen LogP contribution in [0.15, 0.2) is 115 Å². The van der Waals surface area contributed by atoms with Crippen molar-refractivity contribution in [3.63, 3.8) is 0 Å². The predicted octanol–water partition coefficient (Wildman–Crippen LogP) is 5.56. The second kappa shape index (κ2) is 7.84. The van der Waals surface area contributed by atoms with Crippen LogP contribution in [0, 0.1) is 0 Å². The van der Waals surface area contributed by atoms with Crippen molar-refractivity contribution in [2.45, 2.75) is 0 Å². The summed E-state index contributed by atoms with van der Waals surface area (Å²) in [4.78, 5) is 8.67. The summed E-state index contributed by atoms with van der Waals surface area (Å²) in [5, 5.41) is 1.64. The molecule has 3 aromatic carbocycles. The smallest absolute Gasteiger partial charge is 0.219 e. The molecule has 0 saturated heterocycles.